The van der Waals surface area contributed by atoms with Gasteiger partial charge in [-0.1, -0.05) is 0 Å². The molecule has 1 saturated heterocycles. The van der Waals surface area contributed by atoms with Crippen molar-refractivity contribution in [2.45, 2.75) is 0 Å². The van der Waals surface area contributed by atoms with Gasteiger partial charge in [-0.15, -0.1) is 0 Å². The molecule has 1 aromatic rings. The van der Waals surface area contributed by atoms with Crippen LogP contribution in [0.4, 0.5) is 5.82 Å². The van der Waals surface area contributed by atoms with Crippen molar-refractivity contribution in [2.75, 3.05) is 44.2 Å². The van der Waals surface area contributed by atoms with Gasteiger partial charge < -0.3 is 15.3 Å². The van der Waals surface area contributed by atoms with E-state index in [2.05, 4.69) is 31.1 Å². The van der Waals surface area contributed by atoms with Crippen molar-refractivity contribution >= 4 is 33.6 Å². The van der Waals surface area contributed by atoms with E-state index in [4.69, 9.17) is 5.11 Å². The van der Waals surface area contributed by atoms with Gasteiger partial charge in [-0.05, 0) is 28.1 Å². The maximum Gasteiger partial charge on any atom is 0.322 e. The van der Waals surface area contributed by atoms with E-state index in [0.717, 1.165) is 36.5 Å². The van der Waals surface area contributed by atoms with Gasteiger partial charge in [0, 0.05) is 36.8 Å². The predicted octanol–water partition coefficient (Wildman–Crippen LogP) is 0.167. The van der Waals surface area contributed by atoms with E-state index in [9.17, 15) is 9.59 Å². The quantitative estimate of drug-likeness (QED) is 0.781. The van der Waals surface area contributed by atoms with E-state index in [1.807, 2.05) is 17.0 Å². The van der Waals surface area contributed by atoms with E-state index >= 15 is 0 Å². The van der Waals surface area contributed by atoms with E-state index in [0.29, 0.717) is 0 Å². The third kappa shape index (κ3) is 4.98. The largest absolute Gasteiger partial charge is 0.480 e. The van der Waals surface area contributed by atoms with Crippen LogP contribution in [0.25, 0.3) is 0 Å². The van der Waals surface area contributed by atoms with Crippen molar-refractivity contribution < 1.29 is 14.7 Å². The fraction of sp³-hybridized carbons (Fsp3) is 0.462. The zero-order chi connectivity index (χ0) is 15.2. The minimum Gasteiger partial charge on any atom is -0.480 e. The molecule has 1 aliphatic rings. The second-order valence-electron chi connectivity index (χ2n) is 4.77. The van der Waals surface area contributed by atoms with Gasteiger partial charge in [0.2, 0.25) is 5.91 Å². The summed E-state index contributed by atoms with van der Waals surface area (Å²) in [6, 6.07) is 3.91. The number of rotatable bonds is 5. The molecule has 8 heteroatoms. The smallest absolute Gasteiger partial charge is 0.322 e. The zero-order valence-corrected chi connectivity index (χ0v) is 13.0. The Kier molecular flexibility index (Phi) is 5.51. The highest BCUT2D eigenvalue weighted by molar-refractivity contribution is 9.10. The van der Waals surface area contributed by atoms with Crippen LogP contribution in [0.5, 0.6) is 0 Å². The minimum absolute atomic E-state index is 0.231. The summed E-state index contributed by atoms with van der Waals surface area (Å²) in [7, 11) is 0. The van der Waals surface area contributed by atoms with Gasteiger partial charge in [0.05, 0.1) is 6.54 Å². The molecule has 0 atom stereocenters. The Morgan fingerprint density at radius 3 is 2.57 bits per heavy atom. The average molecular weight is 357 g/mol. The van der Waals surface area contributed by atoms with Crippen LogP contribution in [-0.2, 0) is 9.59 Å². The molecule has 2 heterocycles. The maximum atomic E-state index is 11.6. The van der Waals surface area contributed by atoms with Gasteiger partial charge >= 0.3 is 5.97 Å². The summed E-state index contributed by atoms with van der Waals surface area (Å²) in [5, 5.41) is 10.9. The van der Waals surface area contributed by atoms with E-state index in [1.54, 1.807) is 6.20 Å². The number of carbonyl (C=O) groups is 2. The molecule has 0 aromatic carbocycles. The number of nitrogens with zero attached hydrogens (tertiary/aromatic N) is 3. The van der Waals surface area contributed by atoms with Crippen LogP contribution in [0, 0.1) is 0 Å². The average Bonchev–Trinajstić information content (AvgIpc) is 2.47. The Morgan fingerprint density at radius 1 is 1.29 bits per heavy atom. The lowest BCUT2D eigenvalue weighted by atomic mass is 10.3. The number of pyridine rings is 1. The Bertz CT molecular complexity index is 501. The summed E-state index contributed by atoms with van der Waals surface area (Å²) in [6.07, 6.45) is 1.76. The number of anilines is 1. The van der Waals surface area contributed by atoms with E-state index < -0.39 is 5.97 Å². The summed E-state index contributed by atoms with van der Waals surface area (Å²) in [4.78, 5) is 30.5. The van der Waals surface area contributed by atoms with Crippen LogP contribution in [0.3, 0.4) is 0 Å². The molecule has 114 valence electrons. The number of amides is 1. The first-order valence-electron chi connectivity index (χ1n) is 6.62. The highest BCUT2D eigenvalue weighted by Gasteiger charge is 2.19. The normalized spacial score (nSPS) is 15.8. The van der Waals surface area contributed by atoms with E-state index in [1.165, 1.54) is 0 Å². The fourth-order valence-corrected chi connectivity index (χ4v) is 2.36. The molecule has 1 aromatic heterocycles. The zero-order valence-electron chi connectivity index (χ0n) is 11.5. The van der Waals surface area contributed by atoms with Crippen LogP contribution in [0.2, 0.25) is 0 Å². The first-order chi connectivity index (χ1) is 10.0. The van der Waals surface area contributed by atoms with Crippen LogP contribution < -0.4 is 10.2 Å². The maximum absolute atomic E-state index is 11.6. The SMILES string of the molecule is O=C(O)CNC(=O)CN1CCN(c2ccc(Br)cn2)CC1. The number of carboxylic acids is 1. The van der Waals surface area contributed by atoms with Crippen molar-refractivity contribution in [2.24, 2.45) is 0 Å². The topological polar surface area (TPSA) is 85.8 Å². The number of carbonyl (C=O) groups excluding carboxylic acids is 1. The first-order valence-corrected chi connectivity index (χ1v) is 7.41. The summed E-state index contributed by atoms with van der Waals surface area (Å²) >= 11 is 3.36. The molecule has 0 bridgehead atoms. The van der Waals surface area contributed by atoms with Crippen molar-refractivity contribution in [3.05, 3.63) is 22.8 Å². The van der Waals surface area contributed by atoms with Gasteiger partial charge in [0.25, 0.3) is 0 Å². The molecule has 1 amide bonds. The van der Waals surface area contributed by atoms with Crippen molar-refractivity contribution in [3.8, 4) is 0 Å². The van der Waals surface area contributed by atoms with Gasteiger partial charge in [0.15, 0.2) is 0 Å². The van der Waals surface area contributed by atoms with Crippen molar-refractivity contribution in [1.29, 1.82) is 0 Å². The van der Waals surface area contributed by atoms with Crippen LogP contribution in [0.15, 0.2) is 22.8 Å². The Morgan fingerprint density at radius 2 is 2.00 bits per heavy atom. The molecule has 1 fully saturated rings. The second-order valence-corrected chi connectivity index (χ2v) is 5.68. The second kappa shape index (κ2) is 7.37. The molecule has 0 saturated carbocycles. The van der Waals surface area contributed by atoms with Crippen molar-refractivity contribution in [3.63, 3.8) is 0 Å². The molecule has 2 N–H and O–H groups in total. The van der Waals surface area contributed by atoms with Gasteiger partial charge in [-0.2, -0.15) is 0 Å². The monoisotopic (exact) mass is 356 g/mol. The van der Waals surface area contributed by atoms with Gasteiger partial charge in [0.1, 0.15) is 12.4 Å². The molecule has 0 unspecified atom stereocenters. The molecule has 2 rings (SSSR count). The van der Waals surface area contributed by atoms with Crippen LogP contribution >= 0.6 is 15.9 Å². The number of aliphatic carboxylic acids is 1. The Balaban J connectivity index is 1.76. The highest BCUT2D eigenvalue weighted by Crippen LogP contribution is 2.16. The predicted molar refractivity (Wildman–Crippen MR) is 81.2 cm³/mol. The lowest BCUT2D eigenvalue weighted by Crippen LogP contribution is -2.50. The molecular formula is C13H17BrN4O3. The van der Waals surface area contributed by atoms with Crippen molar-refractivity contribution in [1.82, 2.24) is 15.2 Å². The van der Waals surface area contributed by atoms with E-state index in [-0.39, 0.29) is 19.0 Å². The fourth-order valence-electron chi connectivity index (χ4n) is 2.12. The summed E-state index contributed by atoms with van der Waals surface area (Å²) < 4.78 is 0.944. The number of hydrogen-bond acceptors (Lipinski definition) is 5. The Hall–Kier alpha value is -1.67. The number of piperazine rings is 1. The number of carboxylic acid groups (broad SMARTS) is 1. The standard InChI is InChI=1S/C13H17BrN4O3/c14-10-1-2-11(15-7-10)18-5-3-17(4-6-18)9-12(19)16-8-13(20)21/h1-2,7H,3-6,8-9H2,(H,16,19)(H,20,21). The van der Waals surface area contributed by atoms with Crippen LogP contribution in [-0.4, -0.2) is 66.1 Å². The summed E-state index contributed by atoms with van der Waals surface area (Å²) in [6.45, 7) is 2.98. The van der Waals surface area contributed by atoms with Gasteiger partial charge in [-0.25, -0.2) is 4.98 Å². The molecule has 0 radical (unpaired) electrons. The third-order valence-corrected chi connectivity index (χ3v) is 3.68. The molecule has 1 aliphatic heterocycles. The van der Waals surface area contributed by atoms with Gasteiger partial charge in [-0.3, -0.25) is 14.5 Å². The Labute approximate surface area is 131 Å². The molecule has 0 aliphatic carbocycles. The number of halogens is 1. The number of hydrogen-bond donors (Lipinski definition) is 2. The number of aromatic nitrogens is 1. The summed E-state index contributed by atoms with van der Waals surface area (Å²) in [5.41, 5.74) is 0. The lowest BCUT2D eigenvalue weighted by Gasteiger charge is -2.34. The van der Waals surface area contributed by atoms with Crippen LogP contribution in [0.1, 0.15) is 0 Å². The molecule has 21 heavy (non-hydrogen) atoms. The molecular weight excluding hydrogens is 340 g/mol. The number of nitrogens with one attached hydrogen (secondary N) is 1. The first kappa shape index (κ1) is 15.7. The minimum atomic E-state index is -1.03. The third-order valence-electron chi connectivity index (χ3n) is 3.21. The summed E-state index contributed by atoms with van der Waals surface area (Å²) in [5.74, 6) is -0.365. The molecule has 7 nitrogen and oxygen atoms in total. The lowest BCUT2D eigenvalue weighted by molar-refractivity contribution is -0.138. The highest BCUT2D eigenvalue weighted by atomic mass is 79.9. The molecule has 0 spiro atoms.